The lowest BCUT2D eigenvalue weighted by Crippen LogP contribution is -2.49. The molecule has 112 valence electrons. The van der Waals surface area contributed by atoms with Gasteiger partial charge in [0.2, 0.25) is 5.91 Å². The first-order chi connectivity index (χ1) is 9.69. The number of amides is 1. The summed E-state index contributed by atoms with van der Waals surface area (Å²) in [5.74, 6) is 0.136. The monoisotopic (exact) mass is 296 g/mol. The summed E-state index contributed by atoms with van der Waals surface area (Å²) in [7, 11) is 0. The van der Waals surface area contributed by atoms with Gasteiger partial charge in [-0.25, -0.2) is 4.98 Å². The van der Waals surface area contributed by atoms with Gasteiger partial charge in [0.15, 0.2) is 0 Å². The lowest BCUT2D eigenvalue weighted by atomic mass is 10.3. The van der Waals surface area contributed by atoms with Crippen LogP contribution in [0.2, 0.25) is 0 Å². The molecule has 1 aliphatic rings. The van der Waals surface area contributed by atoms with Crippen molar-refractivity contribution in [2.45, 2.75) is 20.3 Å². The molecular formula is C14H24N4OS. The van der Waals surface area contributed by atoms with Crippen molar-refractivity contribution in [3.8, 4) is 0 Å². The molecule has 20 heavy (non-hydrogen) atoms. The van der Waals surface area contributed by atoms with Gasteiger partial charge in [-0.3, -0.25) is 9.69 Å². The Balaban J connectivity index is 1.62. The Morgan fingerprint density at radius 1 is 1.35 bits per heavy atom. The predicted octanol–water partition coefficient (Wildman–Crippen LogP) is 0.748. The normalized spacial score (nSPS) is 17.3. The maximum Gasteiger partial charge on any atom is 0.234 e. The van der Waals surface area contributed by atoms with Crippen molar-refractivity contribution in [3.63, 3.8) is 0 Å². The minimum Gasteiger partial charge on any atom is -0.355 e. The highest BCUT2D eigenvalue weighted by molar-refractivity contribution is 7.09. The topological polar surface area (TPSA) is 48.5 Å². The highest BCUT2D eigenvalue weighted by atomic mass is 32.1. The van der Waals surface area contributed by atoms with Gasteiger partial charge in [0.25, 0.3) is 0 Å². The van der Waals surface area contributed by atoms with Crippen LogP contribution in [0.4, 0.5) is 0 Å². The van der Waals surface area contributed by atoms with Gasteiger partial charge in [0, 0.05) is 44.0 Å². The van der Waals surface area contributed by atoms with E-state index in [0.29, 0.717) is 13.1 Å². The molecule has 1 aliphatic heterocycles. The summed E-state index contributed by atoms with van der Waals surface area (Å²) >= 11 is 1.66. The molecule has 2 heterocycles. The van der Waals surface area contributed by atoms with Gasteiger partial charge in [-0.1, -0.05) is 6.92 Å². The molecule has 0 bridgehead atoms. The number of hydrogen-bond acceptors (Lipinski definition) is 5. The van der Waals surface area contributed by atoms with E-state index in [0.717, 1.165) is 44.8 Å². The second-order valence-corrected chi connectivity index (χ2v) is 6.11. The number of carbonyl (C=O) groups excluding carboxylic acids is 1. The molecule has 1 amide bonds. The van der Waals surface area contributed by atoms with Crippen LogP contribution in [0.25, 0.3) is 0 Å². The average Bonchev–Trinajstić information content (AvgIpc) is 2.85. The fraction of sp³-hybridized carbons (Fsp3) is 0.714. The van der Waals surface area contributed by atoms with Crippen LogP contribution in [0.5, 0.6) is 0 Å². The summed E-state index contributed by atoms with van der Waals surface area (Å²) in [6.45, 7) is 10.7. The molecule has 1 aromatic heterocycles. The Morgan fingerprint density at radius 3 is 2.65 bits per heavy atom. The molecule has 0 unspecified atom stereocenters. The van der Waals surface area contributed by atoms with Gasteiger partial charge in [0.05, 0.1) is 17.7 Å². The molecule has 1 saturated heterocycles. The summed E-state index contributed by atoms with van der Waals surface area (Å²) in [6.07, 6.45) is 0.881. The molecule has 0 aromatic carbocycles. The number of likely N-dealkylation sites (N-methyl/N-ethyl adjacent to an activating group) is 1. The second kappa shape index (κ2) is 7.71. The number of piperazine rings is 1. The van der Waals surface area contributed by atoms with E-state index < -0.39 is 0 Å². The fourth-order valence-corrected chi connectivity index (χ4v) is 3.19. The van der Waals surface area contributed by atoms with Gasteiger partial charge in [-0.05, 0) is 13.5 Å². The van der Waals surface area contributed by atoms with Crippen molar-refractivity contribution in [1.29, 1.82) is 0 Å². The maximum absolute atomic E-state index is 11.9. The molecule has 1 fully saturated rings. The van der Waals surface area contributed by atoms with Crippen LogP contribution in [0.3, 0.4) is 0 Å². The van der Waals surface area contributed by atoms with Crippen LogP contribution in [-0.4, -0.2) is 66.5 Å². The first-order valence-electron chi connectivity index (χ1n) is 7.29. The second-order valence-electron chi connectivity index (χ2n) is 5.17. The Bertz CT molecular complexity index is 427. The predicted molar refractivity (Wildman–Crippen MR) is 82.1 cm³/mol. The van der Waals surface area contributed by atoms with E-state index in [1.807, 2.05) is 12.4 Å². The van der Waals surface area contributed by atoms with Crippen LogP contribution in [-0.2, 0) is 11.2 Å². The number of nitrogens with zero attached hydrogens (tertiary/aromatic N) is 3. The van der Waals surface area contributed by atoms with Crippen molar-refractivity contribution in [1.82, 2.24) is 20.1 Å². The van der Waals surface area contributed by atoms with E-state index in [4.69, 9.17) is 0 Å². The molecule has 0 atom stereocenters. The number of aryl methyl sites for hydroxylation is 1. The van der Waals surface area contributed by atoms with E-state index in [-0.39, 0.29) is 5.91 Å². The Kier molecular flexibility index (Phi) is 5.94. The van der Waals surface area contributed by atoms with Gasteiger partial charge in [0.1, 0.15) is 0 Å². The summed E-state index contributed by atoms with van der Waals surface area (Å²) in [5.41, 5.74) is 2.94. The van der Waals surface area contributed by atoms with Crippen LogP contribution >= 0.6 is 11.3 Å². The first-order valence-corrected chi connectivity index (χ1v) is 8.17. The molecule has 0 radical (unpaired) electrons. The van der Waals surface area contributed by atoms with E-state index >= 15 is 0 Å². The van der Waals surface area contributed by atoms with Crippen molar-refractivity contribution >= 4 is 17.2 Å². The van der Waals surface area contributed by atoms with E-state index in [2.05, 4.69) is 27.0 Å². The minimum atomic E-state index is 0.136. The van der Waals surface area contributed by atoms with Crippen LogP contribution < -0.4 is 5.32 Å². The third kappa shape index (κ3) is 4.54. The van der Waals surface area contributed by atoms with Gasteiger partial charge >= 0.3 is 0 Å². The number of aromatic nitrogens is 1. The zero-order valence-corrected chi connectivity index (χ0v) is 13.2. The smallest absolute Gasteiger partial charge is 0.234 e. The summed E-state index contributed by atoms with van der Waals surface area (Å²) < 4.78 is 0. The van der Waals surface area contributed by atoms with Crippen LogP contribution in [0.1, 0.15) is 17.5 Å². The summed E-state index contributed by atoms with van der Waals surface area (Å²) in [4.78, 5) is 22.0. The zero-order chi connectivity index (χ0) is 14.4. The molecule has 0 saturated carbocycles. The summed E-state index contributed by atoms with van der Waals surface area (Å²) in [5, 5.41) is 3.01. The largest absolute Gasteiger partial charge is 0.355 e. The van der Waals surface area contributed by atoms with Crippen LogP contribution in [0, 0.1) is 6.92 Å². The standard InChI is InChI=1S/C14H24N4OS/c1-3-17-6-8-18(9-7-17)10-14(19)15-5-4-13-12(2)16-11-20-13/h11H,3-10H2,1-2H3,(H,15,19). The highest BCUT2D eigenvalue weighted by Gasteiger charge is 2.17. The number of carbonyl (C=O) groups is 1. The Hall–Kier alpha value is -0.980. The quantitative estimate of drug-likeness (QED) is 0.841. The molecule has 0 spiro atoms. The van der Waals surface area contributed by atoms with E-state index in [1.54, 1.807) is 11.3 Å². The third-order valence-corrected chi connectivity index (χ3v) is 4.79. The molecule has 5 nitrogen and oxygen atoms in total. The fourth-order valence-electron chi connectivity index (χ4n) is 2.40. The molecule has 6 heteroatoms. The lowest BCUT2D eigenvalue weighted by molar-refractivity contribution is -0.122. The zero-order valence-electron chi connectivity index (χ0n) is 12.4. The number of hydrogen-bond donors (Lipinski definition) is 1. The number of rotatable bonds is 6. The van der Waals surface area contributed by atoms with Crippen molar-refractivity contribution in [2.24, 2.45) is 0 Å². The SMILES string of the molecule is CCN1CCN(CC(=O)NCCc2scnc2C)CC1. The minimum absolute atomic E-state index is 0.136. The van der Waals surface area contributed by atoms with Crippen LogP contribution in [0.15, 0.2) is 5.51 Å². The lowest BCUT2D eigenvalue weighted by Gasteiger charge is -2.33. The first kappa shape index (κ1) is 15.4. The van der Waals surface area contributed by atoms with E-state index in [1.165, 1.54) is 4.88 Å². The Labute approximate surface area is 125 Å². The molecule has 2 rings (SSSR count). The Morgan fingerprint density at radius 2 is 2.05 bits per heavy atom. The highest BCUT2D eigenvalue weighted by Crippen LogP contribution is 2.11. The van der Waals surface area contributed by atoms with Crippen molar-refractivity contribution in [2.75, 3.05) is 45.8 Å². The number of thiazole rings is 1. The van der Waals surface area contributed by atoms with Crippen molar-refractivity contribution in [3.05, 3.63) is 16.1 Å². The summed E-state index contributed by atoms with van der Waals surface area (Å²) in [6, 6.07) is 0. The van der Waals surface area contributed by atoms with E-state index in [9.17, 15) is 4.79 Å². The van der Waals surface area contributed by atoms with Gasteiger partial charge in [-0.15, -0.1) is 11.3 Å². The van der Waals surface area contributed by atoms with Gasteiger partial charge < -0.3 is 10.2 Å². The van der Waals surface area contributed by atoms with Crippen molar-refractivity contribution < 1.29 is 4.79 Å². The third-order valence-electron chi connectivity index (χ3n) is 3.80. The van der Waals surface area contributed by atoms with Gasteiger partial charge in [-0.2, -0.15) is 0 Å². The molecular weight excluding hydrogens is 272 g/mol. The molecule has 1 aromatic rings. The molecule has 0 aliphatic carbocycles. The average molecular weight is 296 g/mol. The molecule has 1 N–H and O–H groups in total. The maximum atomic E-state index is 11.9. The number of nitrogens with one attached hydrogen (secondary N) is 1.